The minimum atomic E-state index is -4.59. The maximum atomic E-state index is 14.1. The number of pyridine rings is 3. The fraction of sp³-hybridized carbons (Fsp3) is 0.130. The van der Waals surface area contributed by atoms with Gasteiger partial charge >= 0.3 is 6.18 Å². The quantitative estimate of drug-likeness (QED) is 0.0453. The number of rotatable bonds is 21. The van der Waals surface area contributed by atoms with Crippen LogP contribution in [-0.4, -0.2) is 80.9 Å². The van der Waals surface area contributed by atoms with Crippen LogP contribution in [0.15, 0.2) is 189 Å². The van der Waals surface area contributed by atoms with Gasteiger partial charge in [-0.15, -0.1) is 0 Å². The van der Waals surface area contributed by atoms with Gasteiger partial charge in [-0.2, -0.15) is 13.2 Å². The van der Waals surface area contributed by atoms with E-state index in [9.17, 15) is 31.9 Å². The van der Waals surface area contributed by atoms with E-state index < -0.39 is 24.4 Å². The SMILES string of the molecule is CCOc1c(OCc2ccc(Cl)cc2F)cccc1C(=O)c1c[nH]c2ncc(OC)cc12.COc1c(OCc2ccc(Cl)cc2)cccc1C(=O)c1c[nH]c2ncccc12.O=C(c1cccc(OCc2ccc(Cl)cc2)c1OCC(F)(F)F)c1c[nH]c2ncccc12. The highest BCUT2D eigenvalue weighted by Crippen LogP contribution is 2.39. The molecule has 0 unspecified atom stereocenters. The smallest absolute Gasteiger partial charge is 0.422 e. The zero-order chi connectivity index (χ0) is 64.9. The van der Waals surface area contributed by atoms with Crippen molar-refractivity contribution in [2.45, 2.75) is 32.9 Å². The summed E-state index contributed by atoms with van der Waals surface area (Å²) in [6.45, 7) is 0.902. The summed E-state index contributed by atoms with van der Waals surface area (Å²) < 4.78 is 91.9. The van der Waals surface area contributed by atoms with Gasteiger partial charge in [0.1, 0.15) is 48.3 Å². The molecule has 0 saturated carbocycles. The van der Waals surface area contributed by atoms with Gasteiger partial charge in [0, 0.05) is 84.5 Å². The average molecular weight is 1310 g/mol. The average Bonchev–Trinajstić information content (AvgIpc) is 1.59. The first-order chi connectivity index (χ1) is 44.5. The molecule has 12 rings (SSSR count). The van der Waals surface area contributed by atoms with Crippen LogP contribution in [-0.2, 0) is 19.8 Å². The summed E-state index contributed by atoms with van der Waals surface area (Å²) >= 11 is 17.6. The lowest BCUT2D eigenvalue weighted by atomic mass is 10.0. The lowest BCUT2D eigenvalue weighted by Gasteiger charge is -2.17. The van der Waals surface area contributed by atoms with Crippen molar-refractivity contribution in [3.63, 3.8) is 0 Å². The Balaban J connectivity index is 0.000000152. The number of ketones is 3. The molecular formula is C69H53Cl3F4N6O10. The molecule has 0 amide bonds. The normalized spacial score (nSPS) is 11.1. The molecule has 6 aromatic heterocycles. The predicted octanol–water partition coefficient (Wildman–Crippen LogP) is 16.6. The van der Waals surface area contributed by atoms with Crippen LogP contribution in [0.25, 0.3) is 33.1 Å². The number of carbonyl (C=O) groups is 3. The Morgan fingerprint density at radius 2 is 0.913 bits per heavy atom. The lowest BCUT2D eigenvalue weighted by molar-refractivity contribution is -0.153. The number of hydrogen-bond donors (Lipinski definition) is 3. The standard InChI is InChI=1S/C24H20ClFN2O4.C23H16ClF3N2O3.C22H17ClN2O3/c1-3-31-23-17(22(29)19-12-28-24-18(19)10-16(30-2)11-27-24)5-4-6-21(23)32-13-14-7-8-15(25)9-20(14)26;24-15-8-6-14(7-9-15)12-31-19-5-1-3-17(21(19)32-13-23(25,26)27)20(30)18-11-29-22-16(18)4-2-10-28-22;1-27-21-17(20(26)18-12-25-22-16(18)5-3-11-24-22)4-2-6-19(21)28-13-14-7-9-15(23)10-8-14/h4-12H,3,13H2,1-2H3,(H,27,28);1-11H,12-13H2,(H,28,29);2-12H,13H2,1H3,(H,24,25). The highest BCUT2D eigenvalue weighted by molar-refractivity contribution is 6.31. The van der Waals surface area contributed by atoms with Crippen molar-refractivity contribution >= 4 is 85.3 Å². The van der Waals surface area contributed by atoms with Crippen molar-refractivity contribution in [1.82, 2.24) is 29.9 Å². The molecule has 12 aromatic rings. The summed E-state index contributed by atoms with van der Waals surface area (Å²) in [5.41, 5.74) is 5.70. The number of para-hydroxylation sites is 3. The first-order valence-corrected chi connectivity index (χ1v) is 29.2. The first-order valence-electron chi connectivity index (χ1n) is 28.1. The second kappa shape index (κ2) is 29.5. The van der Waals surface area contributed by atoms with E-state index in [4.69, 9.17) is 68.0 Å². The van der Waals surface area contributed by atoms with E-state index in [0.717, 1.165) is 16.5 Å². The molecule has 23 heteroatoms. The van der Waals surface area contributed by atoms with E-state index in [-0.39, 0.29) is 47.4 Å². The number of carbonyl (C=O) groups excluding carboxylic acids is 3. The Morgan fingerprint density at radius 1 is 0.467 bits per heavy atom. The Morgan fingerprint density at radius 3 is 1.38 bits per heavy atom. The van der Waals surface area contributed by atoms with Gasteiger partial charge in [-0.05, 0) is 121 Å². The second-order valence-corrected chi connectivity index (χ2v) is 21.3. The van der Waals surface area contributed by atoms with Crippen molar-refractivity contribution in [2.24, 2.45) is 0 Å². The molecule has 6 heterocycles. The van der Waals surface area contributed by atoms with Crippen LogP contribution < -0.4 is 33.2 Å². The van der Waals surface area contributed by atoms with E-state index in [0.29, 0.717) is 113 Å². The number of ether oxygens (including phenoxy) is 7. The van der Waals surface area contributed by atoms with Gasteiger partial charge in [0.05, 0.1) is 43.7 Å². The van der Waals surface area contributed by atoms with E-state index in [1.807, 2.05) is 37.3 Å². The molecule has 0 bridgehead atoms. The molecule has 0 aliphatic heterocycles. The maximum absolute atomic E-state index is 14.1. The first kappa shape index (κ1) is 64.6. The summed E-state index contributed by atoms with van der Waals surface area (Å²) in [7, 11) is 3.06. The topological polar surface area (TPSA) is 202 Å². The van der Waals surface area contributed by atoms with Crippen molar-refractivity contribution in [2.75, 3.05) is 27.4 Å². The van der Waals surface area contributed by atoms with Crippen LogP contribution in [0.3, 0.4) is 0 Å². The third-order valence-electron chi connectivity index (χ3n) is 13.9. The Hall–Kier alpha value is -10.4. The minimum absolute atomic E-state index is 0.0213. The third-order valence-corrected chi connectivity index (χ3v) is 14.7. The zero-order valence-electron chi connectivity index (χ0n) is 49.0. The molecule has 0 aliphatic rings. The Bertz CT molecular complexity index is 4600. The van der Waals surface area contributed by atoms with E-state index in [1.54, 1.807) is 128 Å². The van der Waals surface area contributed by atoms with E-state index in [1.165, 1.54) is 44.7 Å². The van der Waals surface area contributed by atoms with Gasteiger partial charge in [-0.1, -0.05) is 83.3 Å². The summed E-state index contributed by atoms with van der Waals surface area (Å²) in [5.74, 6) is 0.406. The van der Waals surface area contributed by atoms with Crippen molar-refractivity contribution in [3.05, 3.63) is 260 Å². The third kappa shape index (κ3) is 15.4. The highest BCUT2D eigenvalue weighted by Gasteiger charge is 2.31. The number of hydrogen-bond acceptors (Lipinski definition) is 13. The molecule has 92 heavy (non-hydrogen) atoms. The van der Waals surface area contributed by atoms with Gasteiger partial charge in [-0.3, -0.25) is 14.4 Å². The molecule has 0 radical (unpaired) electrons. The van der Waals surface area contributed by atoms with Crippen LogP contribution in [0.1, 0.15) is 71.4 Å². The number of aromatic nitrogens is 6. The highest BCUT2D eigenvalue weighted by atomic mass is 35.5. The fourth-order valence-electron chi connectivity index (χ4n) is 9.52. The van der Waals surface area contributed by atoms with Crippen LogP contribution in [0.4, 0.5) is 17.6 Å². The van der Waals surface area contributed by atoms with Crippen LogP contribution >= 0.6 is 34.8 Å². The molecule has 0 fully saturated rings. The number of nitrogens with zero attached hydrogens (tertiary/aromatic N) is 3. The predicted molar refractivity (Wildman–Crippen MR) is 341 cm³/mol. The molecule has 3 N–H and O–H groups in total. The lowest BCUT2D eigenvalue weighted by Crippen LogP contribution is -2.20. The number of halogens is 7. The van der Waals surface area contributed by atoms with Crippen molar-refractivity contribution < 1.29 is 65.1 Å². The van der Waals surface area contributed by atoms with Gasteiger partial charge in [0.25, 0.3) is 0 Å². The number of fused-ring (bicyclic) bond motifs is 3. The molecule has 468 valence electrons. The Kier molecular flexibility index (Phi) is 20.7. The second-order valence-electron chi connectivity index (χ2n) is 20.0. The number of aromatic amines is 3. The van der Waals surface area contributed by atoms with Gasteiger partial charge < -0.3 is 48.1 Å². The van der Waals surface area contributed by atoms with Gasteiger partial charge in [0.15, 0.2) is 58.5 Å². The molecule has 0 saturated heterocycles. The molecule has 0 spiro atoms. The zero-order valence-corrected chi connectivity index (χ0v) is 51.3. The number of H-pyrrole nitrogens is 3. The van der Waals surface area contributed by atoms with E-state index >= 15 is 0 Å². The fourth-order valence-corrected chi connectivity index (χ4v) is 9.93. The summed E-state index contributed by atoms with van der Waals surface area (Å²) in [6.07, 6.45) is 4.97. The summed E-state index contributed by atoms with van der Waals surface area (Å²) in [4.78, 5) is 61.4. The van der Waals surface area contributed by atoms with Crippen molar-refractivity contribution in [1.29, 1.82) is 0 Å². The van der Waals surface area contributed by atoms with Gasteiger partial charge in [0.2, 0.25) is 0 Å². The minimum Gasteiger partial charge on any atom is -0.495 e. The molecule has 0 aliphatic carbocycles. The number of alkyl halides is 3. The largest absolute Gasteiger partial charge is 0.495 e. The molecular weight excluding hydrogens is 1260 g/mol. The summed E-state index contributed by atoms with van der Waals surface area (Å²) in [5, 5.41) is 3.46. The van der Waals surface area contributed by atoms with Crippen LogP contribution in [0.5, 0.6) is 40.2 Å². The van der Waals surface area contributed by atoms with Crippen molar-refractivity contribution in [3.8, 4) is 40.2 Å². The number of nitrogens with one attached hydrogen (secondary N) is 3. The number of methoxy groups -OCH3 is 2. The van der Waals surface area contributed by atoms with Crippen LogP contribution in [0, 0.1) is 5.82 Å². The molecule has 0 atom stereocenters. The maximum Gasteiger partial charge on any atom is 0.422 e. The monoisotopic (exact) mass is 1310 g/mol. The van der Waals surface area contributed by atoms with Crippen LogP contribution in [0.2, 0.25) is 15.1 Å². The molecule has 6 aromatic carbocycles. The van der Waals surface area contributed by atoms with Gasteiger partial charge in [-0.25, -0.2) is 19.3 Å². The molecule has 16 nitrogen and oxygen atoms in total. The summed E-state index contributed by atoms with van der Waals surface area (Å²) in [6, 6.07) is 42.0. The Labute approximate surface area is 537 Å². The number of benzene rings is 6. The van der Waals surface area contributed by atoms with E-state index in [2.05, 4.69) is 29.9 Å².